The van der Waals surface area contributed by atoms with Crippen LogP contribution >= 0.6 is 0 Å². The molecule has 0 atom stereocenters. The second-order valence-electron chi connectivity index (χ2n) is 7.82. The molecule has 8 nitrogen and oxygen atoms in total. The van der Waals surface area contributed by atoms with Gasteiger partial charge < -0.3 is 20.3 Å². The Balaban J connectivity index is 1.35. The van der Waals surface area contributed by atoms with E-state index >= 15 is 0 Å². The smallest absolute Gasteiger partial charge is 0.314 e. The van der Waals surface area contributed by atoms with Crippen molar-refractivity contribution in [2.75, 3.05) is 57.0 Å². The van der Waals surface area contributed by atoms with Crippen molar-refractivity contribution in [1.29, 1.82) is 0 Å². The molecule has 1 aliphatic heterocycles. The zero-order valence-electron chi connectivity index (χ0n) is 18.7. The number of amides is 2. The van der Waals surface area contributed by atoms with Crippen LogP contribution in [-0.2, 0) is 16.4 Å². The summed E-state index contributed by atoms with van der Waals surface area (Å²) in [7, 11) is -1.79. The van der Waals surface area contributed by atoms with E-state index in [4.69, 9.17) is 4.74 Å². The van der Waals surface area contributed by atoms with E-state index in [-0.39, 0.29) is 18.3 Å². The predicted molar refractivity (Wildman–Crippen MR) is 127 cm³/mol. The van der Waals surface area contributed by atoms with Crippen LogP contribution in [0.25, 0.3) is 0 Å². The Bertz CT molecular complexity index is 987. The molecule has 3 rings (SSSR count). The Kier molecular flexibility index (Phi) is 8.35. The fraction of sp³-hybridized carbons (Fsp3) is 0.435. The average Bonchev–Trinajstić information content (AvgIpc) is 2.79. The van der Waals surface area contributed by atoms with E-state index in [0.717, 1.165) is 17.0 Å². The van der Waals surface area contributed by atoms with Gasteiger partial charge in [-0.1, -0.05) is 24.3 Å². The largest absolute Gasteiger partial charge is 0.497 e. The third-order valence-electron chi connectivity index (χ3n) is 5.50. The summed E-state index contributed by atoms with van der Waals surface area (Å²) in [4.78, 5) is 14.2. The van der Waals surface area contributed by atoms with E-state index in [9.17, 15) is 13.2 Å². The van der Waals surface area contributed by atoms with E-state index in [2.05, 4.69) is 21.6 Å². The number of carbonyl (C=O) groups is 1. The lowest BCUT2D eigenvalue weighted by atomic mass is 10.1. The van der Waals surface area contributed by atoms with Crippen molar-refractivity contribution in [3.63, 3.8) is 0 Å². The highest BCUT2D eigenvalue weighted by molar-refractivity contribution is 7.89. The third-order valence-corrected chi connectivity index (χ3v) is 7.37. The minimum atomic E-state index is -3.41. The molecule has 1 fully saturated rings. The number of carbonyl (C=O) groups excluding carboxylic acids is 1. The molecule has 2 N–H and O–H groups in total. The van der Waals surface area contributed by atoms with Gasteiger partial charge in [0.25, 0.3) is 0 Å². The van der Waals surface area contributed by atoms with E-state index in [0.29, 0.717) is 39.1 Å². The zero-order valence-corrected chi connectivity index (χ0v) is 19.5. The van der Waals surface area contributed by atoms with Crippen molar-refractivity contribution < 1.29 is 17.9 Å². The lowest BCUT2D eigenvalue weighted by Crippen LogP contribution is -2.50. The number of sulfonamides is 1. The van der Waals surface area contributed by atoms with Gasteiger partial charge in [-0.3, -0.25) is 0 Å². The fourth-order valence-corrected chi connectivity index (χ4v) is 4.98. The van der Waals surface area contributed by atoms with E-state index in [1.807, 2.05) is 49.4 Å². The number of anilines is 1. The van der Waals surface area contributed by atoms with Crippen LogP contribution < -0.4 is 20.3 Å². The number of methoxy groups -OCH3 is 1. The number of hydrogen-bond donors (Lipinski definition) is 2. The van der Waals surface area contributed by atoms with E-state index in [1.165, 1.54) is 9.87 Å². The van der Waals surface area contributed by atoms with Gasteiger partial charge in [-0.2, -0.15) is 4.31 Å². The van der Waals surface area contributed by atoms with Crippen LogP contribution in [0.15, 0.2) is 48.5 Å². The van der Waals surface area contributed by atoms with E-state index < -0.39 is 10.0 Å². The molecule has 2 aromatic rings. The summed E-state index contributed by atoms with van der Waals surface area (Å²) in [6.07, 6.45) is 0.681. The van der Waals surface area contributed by atoms with Crippen LogP contribution in [0.3, 0.4) is 0 Å². The number of nitrogens with one attached hydrogen (secondary N) is 2. The summed E-state index contributed by atoms with van der Waals surface area (Å²) in [6.45, 7) is 4.80. The molecule has 0 spiro atoms. The third kappa shape index (κ3) is 6.86. The van der Waals surface area contributed by atoms with Gasteiger partial charge >= 0.3 is 6.03 Å². The Morgan fingerprint density at radius 1 is 1.00 bits per heavy atom. The number of ether oxygens (including phenoxy) is 1. The van der Waals surface area contributed by atoms with Crippen molar-refractivity contribution in [3.8, 4) is 5.75 Å². The molecule has 1 heterocycles. The number of rotatable bonds is 9. The van der Waals surface area contributed by atoms with Gasteiger partial charge in [0.15, 0.2) is 0 Å². The Morgan fingerprint density at radius 3 is 2.34 bits per heavy atom. The number of hydrogen-bond acceptors (Lipinski definition) is 5. The molecule has 1 saturated heterocycles. The van der Waals surface area contributed by atoms with Gasteiger partial charge in [0.05, 0.1) is 12.9 Å². The highest BCUT2D eigenvalue weighted by Gasteiger charge is 2.26. The molecule has 0 radical (unpaired) electrons. The summed E-state index contributed by atoms with van der Waals surface area (Å²) < 4.78 is 31.9. The number of aryl methyl sites for hydroxylation is 1. The van der Waals surface area contributed by atoms with Crippen molar-refractivity contribution in [1.82, 2.24) is 14.9 Å². The lowest BCUT2D eigenvalue weighted by Gasteiger charge is -2.35. The topological polar surface area (TPSA) is 91.0 Å². The molecular weight excluding hydrogens is 428 g/mol. The van der Waals surface area contributed by atoms with Gasteiger partial charge in [0.2, 0.25) is 10.0 Å². The maximum atomic E-state index is 12.6. The van der Waals surface area contributed by atoms with Crippen LogP contribution in [0.2, 0.25) is 0 Å². The van der Waals surface area contributed by atoms with Gasteiger partial charge in [0, 0.05) is 45.0 Å². The highest BCUT2D eigenvalue weighted by Crippen LogP contribution is 2.19. The van der Waals surface area contributed by atoms with Crippen molar-refractivity contribution in [3.05, 3.63) is 59.7 Å². The minimum Gasteiger partial charge on any atom is -0.497 e. The molecule has 2 amide bonds. The van der Waals surface area contributed by atoms with Crippen LogP contribution in [-0.4, -0.2) is 70.9 Å². The molecule has 174 valence electrons. The molecular formula is C23H32N4O4S. The second kappa shape index (κ2) is 11.2. The number of benzene rings is 2. The molecule has 9 heteroatoms. The first-order valence-corrected chi connectivity index (χ1v) is 12.4. The summed E-state index contributed by atoms with van der Waals surface area (Å²) >= 11 is 0. The Labute approximate surface area is 190 Å². The van der Waals surface area contributed by atoms with Crippen molar-refractivity contribution >= 4 is 21.7 Å². The zero-order chi connectivity index (χ0) is 23.0. The molecule has 2 aromatic carbocycles. The maximum Gasteiger partial charge on any atom is 0.314 e. The molecule has 0 unspecified atom stereocenters. The van der Waals surface area contributed by atoms with E-state index in [1.54, 1.807) is 7.11 Å². The van der Waals surface area contributed by atoms with Gasteiger partial charge in [-0.25, -0.2) is 13.2 Å². The maximum absolute atomic E-state index is 12.6. The summed E-state index contributed by atoms with van der Waals surface area (Å²) in [5, 5.41) is 5.39. The van der Waals surface area contributed by atoms with Gasteiger partial charge in [0.1, 0.15) is 5.75 Å². The summed E-state index contributed by atoms with van der Waals surface area (Å²) in [5.41, 5.74) is 3.39. The fourth-order valence-electron chi connectivity index (χ4n) is 3.65. The van der Waals surface area contributed by atoms with Crippen molar-refractivity contribution in [2.45, 2.75) is 13.3 Å². The van der Waals surface area contributed by atoms with Crippen molar-refractivity contribution in [2.24, 2.45) is 0 Å². The quantitative estimate of drug-likeness (QED) is 0.597. The van der Waals surface area contributed by atoms with Crippen LogP contribution in [0, 0.1) is 6.92 Å². The highest BCUT2D eigenvalue weighted by atomic mass is 32.2. The SMILES string of the molecule is COc1ccc(CCNC(=O)NCCS(=O)(=O)N2CCN(c3cccc(C)c3)CC2)cc1. The monoisotopic (exact) mass is 460 g/mol. The Morgan fingerprint density at radius 2 is 1.69 bits per heavy atom. The number of urea groups is 1. The average molecular weight is 461 g/mol. The second-order valence-corrected chi connectivity index (χ2v) is 9.91. The summed E-state index contributed by atoms with van der Waals surface area (Å²) in [6, 6.07) is 15.5. The molecule has 0 bridgehead atoms. The van der Waals surface area contributed by atoms with Crippen LogP contribution in [0.4, 0.5) is 10.5 Å². The minimum absolute atomic E-state index is 0.0782. The molecule has 0 aliphatic carbocycles. The number of piperazine rings is 1. The molecule has 0 saturated carbocycles. The van der Waals surface area contributed by atoms with Crippen LogP contribution in [0.5, 0.6) is 5.75 Å². The first-order valence-electron chi connectivity index (χ1n) is 10.8. The first-order chi connectivity index (χ1) is 15.4. The van der Waals surface area contributed by atoms with Gasteiger partial charge in [-0.15, -0.1) is 0 Å². The molecule has 32 heavy (non-hydrogen) atoms. The Hall–Kier alpha value is -2.78. The normalized spacial score (nSPS) is 14.8. The van der Waals surface area contributed by atoms with Gasteiger partial charge in [-0.05, 0) is 48.7 Å². The molecule has 1 aliphatic rings. The van der Waals surface area contributed by atoms with Crippen LogP contribution in [0.1, 0.15) is 11.1 Å². The predicted octanol–water partition coefficient (Wildman–Crippen LogP) is 2.00. The number of nitrogens with zero attached hydrogens (tertiary/aromatic N) is 2. The lowest BCUT2D eigenvalue weighted by molar-refractivity contribution is 0.241. The first kappa shape index (κ1) is 23.9. The standard InChI is InChI=1S/C23H32N4O4S/c1-19-4-3-5-21(18-19)26-13-15-27(16-14-26)32(29,30)17-12-25-23(28)24-11-10-20-6-8-22(31-2)9-7-20/h3-9,18H,10-17H2,1-2H3,(H2,24,25,28). The summed E-state index contributed by atoms with van der Waals surface area (Å²) in [5.74, 6) is 0.681. The molecule has 0 aromatic heterocycles.